The van der Waals surface area contributed by atoms with Gasteiger partial charge in [-0.25, -0.2) is 0 Å². The quantitative estimate of drug-likeness (QED) is 0.501. The van der Waals surface area contributed by atoms with E-state index in [0.29, 0.717) is 0 Å². The van der Waals surface area contributed by atoms with E-state index in [1.807, 2.05) is 0 Å². The highest BCUT2D eigenvalue weighted by Gasteiger charge is 2.12. The lowest BCUT2D eigenvalue weighted by molar-refractivity contribution is 0.232. The molecule has 0 saturated carbocycles. The summed E-state index contributed by atoms with van der Waals surface area (Å²) in [5.74, 6) is 0. The Balaban J connectivity index is 3.80. The minimum atomic E-state index is -0.926. The molecule has 1 N–H and O–H groups in total. The molecule has 0 saturated heterocycles. The first-order valence-corrected chi connectivity index (χ1v) is 7.46. The van der Waals surface area contributed by atoms with E-state index in [4.69, 9.17) is 13.3 Å². The van der Waals surface area contributed by atoms with Crippen LogP contribution in [0.1, 0.15) is 0 Å². The van der Waals surface area contributed by atoms with E-state index in [1.54, 1.807) is 25.6 Å². The second-order valence-corrected chi connectivity index (χ2v) is 7.60. The SMILES string of the molecule is CO[SiH2]NC(=O)N([SiH2]OC)[SiH2]OC. The number of carbonyl (C=O) groups excluding carboxylic acids is 1. The van der Waals surface area contributed by atoms with Gasteiger partial charge in [-0.15, -0.1) is 0 Å². The number of amides is 2. The molecule has 0 spiro atoms. The summed E-state index contributed by atoms with van der Waals surface area (Å²) in [6, 6.07) is -0.101. The first-order chi connectivity index (χ1) is 6.26. The molecule has 0 aromatic heterocycles. The molecule has 0 rings (SSSR count). The fourth-order valence-corrected chi connectivity index (χ4v) is 4.13. The second-order valence-electron chi connectivity index (χ2n) is 2.29. The Morgan fingerprint density at radius 1 is 1.15 bits per heavy atom. The van der Waals surface area contributed by atoms with Crippen LogP contribution in [-0.4, -0.2) is 61.4 Å². The van der Waals surface area contributed by atoms with Crippen LogP contribution >= 0.6 is 0 Å². The van der Waals surface area contributed by atoms with Gasteiger partial charge in [0, 0.05) is 21.3 Å². The van der Waals surface area contributed by atoms with Crippen molar-refractivity contribution in [1.82, 2.24) is 9.21 Å². The van der Waals surface area contributed by atoms with Crippen molar-refractivity contribution in [2.75, 3.05) is 21.3 Å². The number of hydrogen-bond donors (Lipinski definition) is 1. The van der Waals surface area contributed by atoms with E-state index >= 15 is 0 Å². The van der Waals surface area contributed by atoms with E-state index in [1.165, 1.54) is 0 Å². The van der Waals surface area contributed by atoms with Gasteiger partial charge in [0.15, 0.2) is 0 Å². The maximum absolute atomic E-state index is 11.4. The molecule has 13 heavy (non-hydrogen) atoms. The van der Waals surface area contributed by atoms with Crippen molar-refractivity contribution < 1.29 is 18.1 Å². The third-order valence-electron chi connectivity index (χ3n) is 1.22. The largest absolute Gasteiger partial charge is 0.407 e. The molecule has 0 aromatic carbocycles. The van der Waals surface area contributed by atoms with Crippen molar-refractivity contribution in [2.45, 2.75) is 0 Å². The van der Waals surface area contributed by atoms with Crippen LogP contribution < -0.4 is 4.98 Å². The van der Waals surface area contributed by atoms with Gasteiger partial charge in [-0.05, 0) is 0 Å². The first-order valence-electron chi connectivity index (χ1n) is 3.75. The molecular weight excluding hydrogens is 224 g/mol. The van der Waals surface area contributed by atoms with E-state index in [-0.39, 0.29) is 6.03 Å². The van der Waals surface area contributed by atoms with E-state index in [2.05, 4.69) is 4.98 Å². The summed E-state index contributed by atoms with van der Waals surface area (Å²) in [6.07, 6.45) is 0. The lowest BCUT2D eigenvalue weighted by Crippen LogP contribution is -2.47. The average Bonchev–Trinajstić information content (AvgIpc) is 2.14. The zero-order valence-electron chi connectivity index (χ0n) is 8.20. The summed E-state index contributed by atoms with van der Waals surface area (Å²) in [5.41, 5.74) is 0. The van der Waals surface area contributed by atoms with Crippen LogP contribution in [0.5, 0.6) is 0 Å². The van der Waals surface area contributed by atoms with Gasteiger partial charge in [-0.3, -0.25) is 4.79 Å². The number of urea groups is 1. The number of nitrogens with zero attached hydrogens (tertiary/aromatic N) is 1. The molecule has 0 bridgehead atoms. The van der Waals surface area contributed by atoms with Crippen molar-refractivity contribution in [2.24, 2.45) is 0 Å². The molecule has 78 valence electrons. The van der Waals surface area contributed by atoms with Gasteiger partial charge in [0.1, 0.15) is 0 Å². The van der Waals surface area contributed by atoms with Gasteiger partial charge in [-0.2, -0.15) is 0 Å². The van der Waals surface area contributed by atoms with Crippen LogP contribution in [-0.2, 0) is 13.3 Å². The highest BCUT2D eigenvalue weighted by Crippen LogP contribution is 1.84. The maximum atomic E-state index is 11.4. The Labute approximate surface area is 85.0 Å². The Kier molecular flexibility index (Phi) is 8.27. The molecule has 0 heterocycles. The monoisotopic (exact) mass is 240 g/mol. The Morgan fingerprint density at radius 2 is 1.69 bits per heavy atom. The molecule has 0 aromatic rings. The van der Waals surface area contributed by atoms with Gasteiger partial charge in [0.2, 0.25) is 0 Å². The lowest BCUT2D eigenvalue weighted by Gasteiger charge is -2.20. The summed E-state index contributed by atoms with van der Waals surface area (Å²) >= 11 is 0. The van der Waals surface area contributed by atoms with E-state index < -0.39 is 29.8 Å². The summed E-state index contributed by atoms with van der Waals surface area (Å²) in [5, 5.41) is 0. The fourth-order valence-electron chi connectivity index (χ4n) is 0.712. The second kappa shape index (κ2) is 8.40. The average molecular weight is 240 g/mol. The van der Waals surface area contributed by atoms with Crippen molar-refractivity contribution in [3.63, 3.8) is 0 Å². The predicted molar refractivity (Wildman–Crippen MR) is 57.0 cm³/mol. The van der Waals surface area contributed by atoms with Crippen molar-refractivity contribution in [3.8, 4) is 0 Å². The standard InChI is InChI=1S/C4H16N2O4Si3/c1-8-11-5-4(7)6(12-9-2)13-10-3/h11-13H2,1-3H3,(H,5,7). The number of hydrogen-bond acceptors (Lipinski definition) is 4. The van der Waals surface area contributed by atoms with Crippen LogP contribution in [0.4, 0.5) is 4.79 Å². The molecule has 2 amide bonds. The highest BCUT2D eigenvalue weighted by molar-refractivity contribution is 6.50. The smallest absolute Gasteiger partial charge is 0.297 e. The number of carbonyl (C=O) groups is 1. The molecule has 0 aliphatic carbocycles. The first kappa shape index (κ1) is 12.8. The molecule has 0 fully saturated rings. The van der Waals surface area contributed by atoms with Crippen LogP contribution in [0.3, 0.4) is 0 Å². The van der Waals surface area contributed by atoms with Gasteiger partial charge in [0.25, 0.3) is 35.8 Å². The summed E-state index contributed by atoms with van der Waals surface area (Å²) < 4.78 is 16.5. The van der Waals surface area contributed by atoms with Crippen LogP contribution in [0.15, 0.2) is 0 Å². The Hall–Kier alpha value is -0.199. The molecule has 0 atom stereocenters. The van der Waals surface area contributed by atoms with Crippen LogP contribution in [0.2, 0.25) is 0 Å². The maximum Gasteiger partial charge on any atom is 0.297 e. The molecule has 6 nitrogen and oxygen atoms in total. The van der Waals surface area contributed by atoms with Crippen molar-refractivity contribution in [3.05, 3.63) is 0 Å². The molecular formula is C4H16N2O4Si3. The Bertz CT molecular complexity index is 143. The molecule has 0 unspecified atom stereocenters. The molecule has 0 aliphatic heterocycles. The number of nitrogens with one attached hydrogen (secondary N) is 1. The third kappa shape index (κ3) is 5.95. The van der Waals surface area contributed by atoms with Crippen molar-refractivity contribution >= 4 is 35.8 Å². The fraction of sp³-hybridized carbons (Fsp3) is 0.750. The van der Waals surface area contributed by atoms with Gasteiger partial charge in [-0.1, -0.05) is 0 Å². The Morgan fingerprint density at radius 3 is 2.08 bits per heavy atom. The highest BCUT2D eigenvalue weighted by atomic mass is 28.3. The van der Waals surface area contributed by atoms with Crippen LogP contribution in [0, 0.1) is 0 Å². The van der Waals surface area contributed by atoms with E-state index in [0.717, 1.165) is 0 Å². The number of rotatable bonds is 6. The zero-order valence-corrected chi connectivity index (χ0v) is 12.4. The lowest BCUT2D eigenvalue weighted by atomic mass is 11.2. The summed E-state index contributed by atoms with van der Waals surface area (Å²) in [6.45, 7) is 0. The van der Waals surface area contributed by atoms with Gasteiger partial charge >= 0.3 is 0 Å². The minimum Gasteiger partial charge on any atom is -0.407 e. The third-order valence-corrected chi connectivity index (χ3v) is 4.77. The van der Waals surface area contributed by atoms with Gasteiger partial charge in [0.05, 0.1) is 0 Å². The topological polar surface area (TPSA) is 60.0 Å². The summed E-state index contributed by atoms with van der Waals surface area (Å²) in [7, 11) is 2.02. The molecule has 0 radical (unpaired) electrons. The normalized spacial score (nSPS) is 12.5. The predicted octanol–water partition coefficient (Wildman–Crippen LogP) is -3.07. The van der Waals surface area contributed by atoms with E-state index in [9.17, 15) is 4.79 Å². The molecule has 9 heteroatoms. The minimum absolute atomic E-state index is 0.101. The summed E-state index contributed by atoms with van der Waals surface area (Å²) in [4.78, 5) is 14.1. The van der Waals surface area contributed by atoms with Crippen molar-refractivity contribution in [1.29, 1.82) is 0 Å². The molecule has 0 aliphatic rings. The van der Waals surface area contributed by atoms with Gasteiger partial charge < -0.3 is 22.5 Å². The zero-order chi connectivity index (χ0) is 10.1. The van der Waals surface area contributed by atoms with Crippen LogP contribution in [0.25, 0.3) is 0 Å².